The van der Waals surface area contributed by atoms with Gasteiger partial charge >= 0.3 is 6.03 Å². The Bertz CT molecular complexity index is 920. The predicted molar refractivity (Wildman–Crippen MR) is 114 cm³/mol. The topological polar surface area (TPSA) is 69.7 Å². The van der Waals surface area contributed by atoms with Crippen molar-refractivity contribution in [3.8, 4) is 0 Å². The number of nitrogens with zero attached hydrogens (tertiary/aromatic N) is 2. The minimum absolute atomic E-state index is 0.0852. The summed E-state index contributed by atoms with van der Waals surface area (Å²) >= 11 is 0. The van der Waals surface area contributed by atoms with Crippen molar-refractivity contribution in [1.82, 2.24) is 14.5 Å². The molecule has 1 atom stereocenters. The van der Waals surface area contributed by atoms with Crippen LogP contribution in [0.5, 0.6) is 0 Å². The van der Waals surface area contributed by atoms with Gasteiger partial charge in [-0.15, -0.1) is 0 Å². The second-order valence-corrected chi connectivity index (χ2v) is 9.72. The van der Waals surface area contributed by atoms with Gasteiger partial charge in [0.2, 0.25) is 10.0 Å². The van der Waals surface area contributed by atoms with Crippen LogP contribution in [0.1, 0.15) is 31.0 Å². The van der Waals surface area contributed by atoms with Crippen LogP contribution in [0.15, 0.2) is 59.5 Å². The van der Waals surface area contributed by atoms with Crippen LogP contribution < -0.4 is 5.32 Å². The van der Waals surface area contributed by atoms with Crippen molar-refractivity contribution in [2.45, 2.75) is 31.7 Å². The summed E-state index contributed by atoms with van der Waals surface area (Å²) in [7, 11) is -3.53. The highest BCUT2D eigenvalue weighted by Gasteiger charge is 2.31. The van der Waals surface area contributed by atoms with E-state index in [1.54, 1.807) is 29.2 Å². The number of carbonyl (C=O) groups is 1. The van der Waals surface area contributed by atoms with Gasteiger partial charge < -0.3 is 10.2 Å². The van der Waals surface area contributed by atoms with Gasteiger partial charge in [0.1, 0.15) is 0 Å². The molecule has 0 saturated carbocycles. The summed E-state index contributed by atoms with van der Waals surface area (Å²) in [5.74, 6) is 0.240. The molecule has 6 nitrogen and oxygen atoms in total. The number of piperazine rings is 1. The van der Waals surface area contributed by atoms with E-state index >= 15 is 0 Å². The van der Waals surface area contributed by atoms with E-state index in [1.807, 2.05) is 37.3 Å². The maximum Gasteiger partial charge on any atom is 0.317 e. The van der Waals surface area contributed by atoms with E-state index in [-0.39, 0.29) is 18.0 Å². The molecule has 7 heteroatoms. The number of sulfonamides is 1. The Kier molecular flexibility index (Phi) is 6.59. The summed E-state index contributed by atoms with van der Waals surface area (Å²) in [4.78, 5) is 14.8. The second-order valence-electron chi connectivity index (χ2n) is 7.79. The maximum absolute atomic E-state index is 12.8. The zero-order valence-electron chi connectivity index (χ0n) is 17.2. The van der Waals surface area contributed by atoms with Gasteiger partial charge in [-0.1, -0.05) is 61.9 Å². The molecule has 1 saturated heterocycles. The molecule has 0 radical (unpaired) electrons. The number of urea groups is 1. The van der Waals surface area contributed by atoms with Gasteiger partial charge in [0.15, 0.2) is 0 Å². The van der Waals surface area contributed by atoms with Crippen LogP contribution in [0.25, 0.3) is 0 Å². The molecular weight excluding hydrogens is 386 g/mol. The minimum atomic E-state index is -3.53. The monoisotopic (exact) mass is 415 g/mol. The summed E-state index contributed by atoms with van der Waals surface area (Å²) in [5, 5.41) is 3.11. The first-order valence-corrected chi connectivity index (χ1v) is 11.4. The quantitative estimate of drug-likeness (QED) is 0.814. The Balaban J connectivity index is 1.62. The normalized spacial score (nSPS) is 16.6. The number of hydrogen-bond donors (Lipinski definition) is 1. The van der Waals surface area contributed by atoms with Crippen molar-refractivity contribution in [1.29, 1.82) is 0 Å². The molecule has 0 aliphatic carbocycles. The number of carbonyl (C=O) groups excluding carboxylic acids is 1. The average Bonchev–Trinajstić information content (AvgIpc) is 2.72. The molecule has 2 amide bonds. The molecule has 3 rings (SSSR count). The van der Waals surface area contributed by atoms with Gasteiger partial charge in [0.05, 0.1) is 10.9 Å². The lowest BCUT2D eigenvalue weighted by molar-refractivity contribution is 0.166. The van der Waals surface area contributed by atoms with E-state index < -0.39 is 10.0 Å². The lowest BCUT2D eigenvalue weighted by atomic mass is 9.96. The van der Waals surface area contributed by atoms with E-state index in [0.717, 1.165) is 11.1 Å². The fourth-order valence-electron chi connectivity index (χ4n) is 3.51. The van der Waals surface area contributed by atoms with Crippen LogP contribution in [-0.2, 0) is 10.0 Å². The van der Waals surface area contributed by atoms with Crippen LogP contribution >= 0.6 is 0 Å². The van der Waals surface area contributed by atoms with Gasteiger partial charge in [0.25, 0.3) is 0 Å². The zero-order chi connectivity index (χ0) is 21.0. The van der Waals surface area contributed by atoms with Crippen LogP contribution in [0, 0.1) is 12.8 Å². The van der Waals surface area contributed by atoms with Gasteiger partial charge in [-0.3, -0.25) is 0 Å². The highest BCUT2D eigenvalue weighted by molar-refractivity contribution is 7.89. The molecule has 1 unspecified atom stereocenters. The third-order valence-corrected chi connectivity index (χ3v) is 7.20. The minimum Gasteiger partial charge on any atom is -0.331 e. The first-order chi connectivity index (χ1) is 13.8. The van der Waals surface area contributed by atoms with Crippen molar-refractivity contribution >= 4 is 16.1 Å². The summed E-state index contributed by atoms with van der Waals surface area (Å²) in [6.45, 7) is 7.40. The van der Waals surface area contributed by atoms with Gasteiger partial charge in [-0.2, -0.15) is 4.31 Å². The van der Waals surface area contributed by atoms with Crippen molar-refractivity contribution in [3.63, 3.8) is 0 Å². The van der Waals surface area contributed by atoms with Gasteiger partial charge in [0, 0.05) is 26.2 Å². The fraction of sp³-hybridized carbons (Fsp3) is 0.409. The van der Waals surface area contributed by atoms with Gasteiger partial charge in [-0.25, -0.2) is 13.2 Å². The SMILES string of the molecule is Cc1ccc(S(=O)(=O)N2CCN(C(=O)NC(c3ccccc3)C(C)C)CC2)cc1. The third-order valence-electron chi connectivity index (χ3n) is 5.29. The van der Waals surface area contributed by atoms with Crippen molar-refractivity contribution in [2.24, 2.45) is 5.92 Å². The second kappa shape index (κ2) is 8.97. The summed E-state index contributed by atoms with van der Waals surface area (Å²) in [6, 6.07) is 16.5. The Labute approximate surface area is 173 Å². The number of benzene rings is 2. The summed E-state index contributed by atoms with van der Waals surface area (Å²) in [5.41, 5.74) is 2.08. The lowest BCUT2D eigenvalue weighted by Crippen LogP contribution is -2.53. The smallest absolute Gasteiger partial charge is 0.317 e. The van der Waals surface area contributed by atoms with E-state index in [9.17, 15) is 13.2 Å². The molecule has 1 heterocycles. The molecule has 2 aromatic rings. The molecule has 0 bridgehead atoms. The first-order valence-electron chi connectivity index (χ1n) is 9.96. The van der Waals surface area contributed by atoms with Crippen LogP contribution in [0.4, 0.5) is 4.79 Å². The third kappa shape index (κ3) is 4.97. The fourth-order valence-corrected chi connectivity index (χ4v) is 4.93. The molecular formula is C22H29N3O3S. The molecule has 29 heavy (non-hydrogen) atoms. The highest BCUT2D eigenvalue weighted by atomic mass is 32.2. The molecule has 2 aromatic carbocycles. The number of aryl methyl sites for hydroxylation is 1. The molecule has 0 aromatic heterocycles. The number of rotatable bonds is 5. The summed E-state index contributed by atoms with van der Waals surface area (Å²) < 4.78 is 27.1. The first kappa shape index (κ1) is 21.3. The van der Waals surface area contributed by atoms with E-state index in [0.29, 0.717) is 31.1 Å². The molecule has 1 aliphatic rings. The molecule has 1 aliphatic heterocycles. The van der Waals surface area contributed by atoms with E-state index in [4.69, 9.17) is 0 Å². The van der Waals surface area contributed by atoms with Crippen molar-refractivity contribution in [3.05, 3.63) is 65.7 Å². The van der Waals surface area contributed by atoms with Gasteiger partial charge in [-0.05, 0) is 30.5 Å². The van der Waals surface area contributed by atoms with Crippen LogP contribution in [0.3, 0.4) is 0 Å². The average molecular weight is 416 g/mol. The predicted octanol–water partition coefficient (Wildman–Crippen LogP) is 3.41. The van der Waals surface area contributed by atoms with E-state index in [1.165, 1.54) is 4.31 Å². The molecule has 0 spiro atoms. The molecule has 1 fully saturated rings. The number of amides is 2. The Morgan fingerprint density at radius 1 is 0.931 bits per heavy atom. The standard InChI is InChI=1S/C22H29N3O3S/c1-17(2)21(19-7-5-4-6-8-19)23-22(26)24-13-15-25(16-14-24)29(27,28)20-11-9-18(3)10-12-20/h4-12,17,21H,13-16H2,1-3H3,(H,23,26). The highest BCUT2D eigenvalue weighted by Crippen LogP contribution is 2.22. The Morgan fingerprint density at radius 3 is 2.07 bits per heavy atom. The number of hydrogen-bond acceptors (Lipinski definition) is 3. The summed E-state index contributed by atoms with van der Waals surface area (Å²) in [6.07, 6.45) is 0. The number of nitrogens with one attached hydrogen (secondary N) is 1. The zero-order valence-corrected chi connectivity index (χ0v) is 18.0. The molecule has 156 valence electrons. The van der Waals surface area contributed by atoms with Crippen molar-refractivity contribution < 1.29 is 13.2 Å². The van der Waals surface area contributed by atoms with Crippen molar-refractivity contribution in [2.75, 3.05) is 26.2 Å². The maximum atomic E-state index is 12.8. The molecule has 1 N–H and O–H groups in total. The Hall–Kier alpha value is -2.38. The Morgan fingerprint density at radius 2 is 1.52 bits per heavy atom. The van der Waals surface area contributed by atoms with Crippen LogP contribution in [0.2, 0.25) is 0 Å². The van der Waals surface area contributed by atoms with Crippen LogP contribution in [-0.4, -0.2) is 49.8 Å². The largest absolute Gasteiger partial charge is 0.331 e. The lowest BCUT2D eigenvalue weighted by Gasteiger charge is -2.35. The van der Waals surface area contributed by atoms with E-state index in [2.05, 4.69) is 19.2 Å².